The van der Waals surface area contributed by atoms with E-state index in [2.05, 4.69) is 4.74 Å². The second kappa shape index (κ2) is 1.69. The van der Waals surface area contributed by atoms with E-state index in [-0.39, 0.29) is 5.95 Å². The third-order valence-corrected chi connectivity index (χ3v) is 0.702. The fourth-order valence-corrected chi connectivity index (χ4v) is 0.388. The van der Waals surface area contributed by atoms with E-state index in [1.54, 1.807) is 6.08 Å². The summed E-state index contributed by atoms with van der Waals surface area (Å²) in [4.78, 5) is 0. The highest BCUT2D eigenvalue weighted by Crippen LogP contribution is 1.97. The first kappa shape index (κ1) is 4.24. The van der Waals surface area contributed by atoms with E-state index in [1.807, 2.05) is 6.08 Å². The SMILES string of the molecule is OC1=CC=CCO1. The molecule has 0 bridgehead atoms. The van der Waals surface area contributed by atoms with Crippen LogP contribution in [0.25, 0.3) is 0 Å². The summed E-state index contributed by atoms with van der Waals surface area (Å²) in [6.07, 6.45) is 5.07. The molecule has 7 heavy (non-hydrogen) atoms. The Bertz CT molecular complexity index is 113. The molecular formula is C5H6O2. The van der Waals surface area contributed by atoms with Crippen molar-refractivity contribution in [3.8, 4) is 0 Å². The van der Waals surface area contributed by atoms with Crippen LogP contribution in [-0.2, 0) is 4.74 Å². The van der Waals surface area contributed by atoms with Crippen molar-refractivity contribution in [3.05, 3.63) is 24.2 Å². The Morgan fingerprint density at radius 1 is 1.71 bits per heavy atom. The molecule has 1 aliphatic rings. The Morgan fingerprint density at radius 3 is 2.86 bits per heavy atom. The van der Waals surface area contributed by atoms with Crippen molar-refractivity contribution in [2.24, 2.45) is 0 Å². The highest BCUT2D eigenvalue weighted by molar-refractivity contribution is 5.06. The third-order valence-electron chi connectivity index (χ3n) is 0.702. The zero-order valence-electron chi connectivity index (χ0n) is 3.79. The lowest BCUT2D eigenvalue weighted by Crippen LogP contribution is -1.93. The molecule has 0 saturated heterocycles. The molecule has 2 nitrogen and oxygen atoms in total. The second-order valence-corrected chi connectivity index (χ2v) is 1.24. The lowest BCUT2D eigenvalue weighted by atomic mass is 10.4. The molecule has 0 fully saturated rings. The van der Waals surface area contributed by atoms with Crippen LogP contribution in [0.1, 0.15) is 0 Å². The van der Waals surface area contributed by atoms with Gasteiger partial charge in [-0.15, -0.1) is 0 Å². The summed E-state index contributed by atoms with van der Waals surface area (Å²) in [5.74, 6) is 0.00231. The molecule has 0 amide bonds. The molecular weight excluding hydrogens is 92.1 g/mol. The minimum atomic E-state index is 0.00231. The highest BCUT2D eigenvalue weighted by Gasteiger charge is 1.90. The van der Waals surface area contributed by atoms with Crippen molar-refractivity contribution < 1.29 is 9.84 Å². The molecule has 0 aromatic heterocycles. The minimum absolute atomic E-state index is 0.00231. The average Bonchev–Trinajstić information content (AvgIpc) is 1.69. The van der Waals surface area contributed by atoms with Crippen LogP contribution in [0.3, 0.4) is 0 Å². The van der Waals surface area contributed by atoms with Gasteiger partial charge in [0.25, 0.3) is 5.95 Å². The molecule has 38 valence electrons. The van der Waals surface area contributed by atoms with Gasteiger partial charge in [-0.2, -0.15) is 0 Å². The minimum Gasteiger partial charge on any atom is -0.481 e. The number of hydrogen-bond donors (Lipinski definition) is 1. The highest BCUT2D eigenvalue weighted by atomic mass is 16.6. The summed E-state index contributed by atoms with van der Waals surface area (Å²) < 4.78 is 4.61. The van der Waals surface area contributed by atoms with Crippen LogP contribution in [-0.4, -0.2) is 11.7 Å². The van der Waals surface area contributed by atoms with Gasteiger partial charge in [0, 0.05) is 6.08 Å². The number of allylic oxidation sites excluding steroid dienone is 2. The molecule has 0 atom stereocenters. The lowest BCUT2D eigenvalue weighted by Gasteiger charge is -2.01. The van der Waals surface area contributed by atoms with Crippen LogP contribution in [0, 0.1) is 0 Å². The van der Waals surface area contributed by atoms with E-state index >= 15 is 0 Å². The van der Waals surface area contributed by atoms with Crippen molar-refractivity contribution in [2.75, 3.05) is 6.61 Å². The van der Waals surface area contributed by atoms with Gasteiger partial charge in [-0.1, -0.05) is 6.08 Å². The Hall–Kier alpha value is -0.920. The third kappa shape index (κ3) is 0.961. The summed E-state index contributed by atoms with van der Waals surface area (Å²) in [6.45, 7) is 0.488. The zero-order valence-corrected chi connectivity index (χ0v) is 3.79. The molecule has 0 aliphatic carbocycles. The van der Waals surface area contributed by atoms with Gasteiger partial charge in [0.1, 0.15) is 6.61 Å². The Balaban J connectivity index is 2.57. The molecule has 0 aromatic carbocycles. The maximum atomic E-state index is 8.50. The van der Waals surface area contributed by atoms with Crippen molar-refractivity contribution in [3.63, 3.8) is 0 Å². The fourth-order valence-electron chi connectivity index (χ4n) is 0.388. The standard InChI is InChI=1S/C5H6O2/c6-5-3-1-2-4-7-5/h1-3,6H,4H2. The average molecular weight is 98.1 g/mol. The number of aliphatic hydroxyl groups excluding tert-OH is 1. The van der Waals surface area contributed by atoms with E-state index in [0.29, 0.717) is 6.61 Å². The quantitative estimate of drug-likeness (QED) is 0.489. The van der Waals surface area contributed by atoms with E-state index in [9.17, 15) is 0 Å². The van der Waals surface area contributed by atoms with Gasteiger partial charge in [-0.25, -0.2) is 0 Å². The maximum absolute atomic E-state index is 8.50. The van der Waals surface area contributed by atoms with Crippen LogP contribution in [0.2, 0.25) is 0 Å². The van der Waals surface area contributed by atoms with Gasteiger partial charge in [0.15, 0.2) is 0 Å². The molecule has 1 aliphatic heterocycles. The molecule has 0 saturated carbocycles. The maximum Gasteiger partial charge on any atom is 0.276 e. The summed E-state index contributed by atoms with van der Waals surface area (Å²) >= 11 is 0. The summed E-state index contributed by atoms with van der Waals surface area (Å²) in [5.41, 5.74) is 0. The second-order valence-electron chi connectivity index (χ2n) is 1.24. The molecule has 0 unspecified atom stereocenters. The number of hydrogen-bond acceptors (Lipinski definition) is 2. The van der Waals surface area contributed by atoms with Crippen molar-refractivity contribution in [1.29, 1.82) is 0 Å². The number of rotatable bonds is 0. The van der Waals surface area contributed by atoms with Gasteiger partial charge in [0.2, 0.25) is 0 Å². The van der Waals surface area contributed by atoms with Crippen molar-refractivity contribution in [2.45, 2.75) is 0 Å². The topological polar surface area (TPSA) is 29.5 Å². The summed E-state index contributed by atoms with van der Waals surface area (Å²) in [6, 6.07) is 0. The number of ether oxygens (including phenoxy) is 1. The lowest BCUT2D eigenvalue weighted by molar-refractivity contribution is 0.109. The summed E-state index contributed by atoms with van der Waals surface area (Å²) in [5, 5.41) is 8.50. The van der Waals surface area contributed by atoms with Gasteiger partial charge in [0.05, 0.1) is 0 Å². The Labute approximate surface area is 41.7 Å². The molecule has 1 rings (SSSR count). The molecule has 0 spiro atoms. The van der Waals surface area contributed by atoms with Crippen LogP contribution in [0.4, 0.5) is 0 Å². The van der Waals surface area contributed by atoms with Crippen LogP contribution in [0.5, 0.6) is 0 Å². The fraction of sp³-hybridized carbons (Fsp3) is 0.200. The predicted octanol–water partition coefficient (Wildman–Crippen LogP) is 0.972. The van der Waals surface area contributed by atoms with E-state index < -0.39 is 0 Å². The van der Waals surface area contributed by atoms with Gasteiger partial charge in [-0.05, 0) is 6.08 Å². The van der Waals surface area contributed by atoms with Crippen LogP contribution in [0.15, 0.2) is 24.2 Å². The van der Waals surface area contributed by atoms with Crippen molar-refractivity contribution >= 4 is 0 Å². The summed E-state index contributed by atoms with van der Waals surface area (Å²) in [7, 11) is 0. The first-order chi connectivity index (χ1) is 3.39. The monoisotopic (exact) mass is 98.0 g/mol. The van der Waals surface area contributed by atoms with Crippen LogP contribution < -0.4 is 0 Å². The van der Waals surface area contributed by atoms with E-state index in [4.69, 9.17) is 5.11 Å². The van der Waals surface area contributed by atoms with Gasteiger partial charge in [-0.3, -0.25) is 0 Å². The van der Waals surface area contributed by atoms with E-state index in [0.717, 1.165) is 0 Å². The van der Waals surface area contributed by atoms with Crippen LogP contribution >= 0.6 is 0 Å². The zero-order chi connectivity index (χ0) is 5.11. The Kier molecular flexibility index (Phi) is 1.02. The molecule has 0 radical (unpaired) electrons. The van der Waals surface area contributed by atoms with E-state index in [1.165, 1.54) is 6.08 Å². The van der Waals surface area contributed by atoms with Gasteiger partial charge < -0.3 is 9.84 Å². The Morgan fingerprint density at radius 2 is 2.57 bits per heavy atom. The molecule has 1 N–H and O–H groups in total. The predicted molar refractivity (Wildman–Crippen MR) is 25.8 cm³/mol. The first-order valence-electron chi connectivity index (χ1n) is 2.08. The number of aliphatic hydroxyl groups is 1. The smallest absolute Gasteiger partial charge is 0.276 e. The largest absolute Gasteiger partial charge is 0.481 e. The normalized spacial score (nSPS) is 18.0. The van der Waals surface area contributed by atoms with Gasteiger partial charge >= 0.3 is 0 Å². The molecule has 0 aromatic rings. The molecule has 2 heteroatoms. The van der Waals surface area contributed by atoms with Crippen molar-refractivity contribution in [1.82, 2.24) is 0 Å². The first-order valence-corrected chi connectivity index (χ1v) is 2.08. The molecule has 1 heterocycles.